The maximum Gasteiger partial charge on any atom is 0.259 e. The summed E-state index contributed by atoms with van der Waals surface area (Å²) in [5.41, 5.74) is 0.766. The van der Waals surface area contributed by atoms with E-state index in [1.54, 1.807) is 23.2 Å². The number of aromatic nitrogens is 2. The van der Waals surface area contributed by atoms with Gasteiger partial charge >= 0.3 is 0 Å². The van der Waals surface area contributed by atoms with Crippen LogP contribution in [0.3, 0.4) is 0 Å². The van der Waals surface area contributed by atoms with E-state index in [9.17, 15) is 9.59 Å². The Labute approximate surface area is 150 Å². The topological polar surface area (TPSA) is 64.4 Å². The van der Waals surface area contributed by atoms with Gasteiger partial charge in [-0.3, -0.25) is 9.59 Å². The molecule has 0 saturated carbocycles. The van der Waals surface area contributed by atoms with Gasteiger partial charge in [-0.1, -0.05) is 11.6 Å². The van der Waals surface area contributed by atoms with E-state index in [1.165, 1.54) is 0 Å². The highest BCUT2D eigenvalue weighted by molar-refractivity contribution is 6.29. The maximum atomic E-state index is 13.1. The van der Waals surface area contributed by atoms with E-state index in [-0.39, 0.29) is 27.6 Å². The summed E-state index contributed by atoms with van der Waals surface area (Å²) in [5, 5.41) is 0.251. The molecule has 2 unspecified atom stereocenters. The van der Waals surface area contributed by atoms with Crippen LogP contribution in [0.4, 0.5) is 0 Å². The minimum atomic E-state index is -0.348. The van der Waals surface area contributed by atoms with Crippen molar-refractivity contribution in [2.75, 3.05) is 26.3 Å². The second-order valence-corrected chi connectivity index (χ2v) is 7.26. The third-order valence-electron chi connectivity index (χ3n) is 5.08. The number of hydrogen-bond acceptors (Lipinski definition) is 4. The lowest BCUT2D eigenvalue weighted by molar-refractivity contribution is -0.0339. The van der Waals surface area contributed by atoms with Crippen molar-refractivity contribution in [1.29, 1.82) is 0 Å². The average Bonchev–Trinajstić information content (AvgIpc) is 2.61. The summed E-state index contributed by atoms with van der Waals surface area (Å²) >= 11 is 5.96. The van der Waals surface area contributed by atoms with Crippen molar-refractivity contribution >= 4 is 28.5 Å². The van der Waals surface area contributed by atoms with Crippen LogP contribution in [0.1, 0.15) is 23.7 Å². The van der Waals surface area contributed by atoms with E-state index < -0.39 is 0 Å². The molecule has 0 aromatic carbocycles. The molecule has 2 aromatic heterocycles. The van der Waals surface area contributed by atoms with Crippen LogP contribution < -0.4 is 5.43 Å². The smallest absolute Gasteiger partial charge is 0.259 e. The SMILES string of the molecule is CCn1cc(C(=O)N2CC3COCC(C3)C2)c(=O)c2nc(Cl)ccc21. The van der Waals surface area contributed by atoms with Gasteiger partial charge in [0, 0.05) is 37.7 Å². The number of hydrogen-bond donors (Lipinski definition) is 0. The molecular weight excluding hydrogens is 342 g/mol. The van der Waals surface area contributed by atoms with Gasteiger partial charge in [-0.25, -0.2) is 4.98 Å². The fraction of sp³-hybridized carbons (Fsp3) is 0.500. The van der Waals surface area contributed by atoms with Gasteiger partial charge < -0.3 is 14.2 Å². The Hall–Kier alpha value is -1.92. The summed E-state index contributed by atoms with van der Waals surface area (Å²) in [4.78, 5) is 31.9. The number of ether oxygens (including phenoxy) is 1. The van der Waals surface area contributed by atoms with Gasteiger partial charge in [-0.05, 0) is 25.5 Å². The molecule has 2 bridgehead atoms. The molecule has 4 heterocycles. The first-order valence-electron chi connectivity index (χ1n) is 8.63. The molecule has 4 rings (SSSR count). The summed E-state index contributed by atoms with van der Waals surface area (Å²) in [6, 6.07) is 3.43. The Morgan fingerprint density at radius 3 is 2.72 bits per heavy atom. The molecule has 2 aromatic rings. The van der Waals surface area contributed by atoms with E-state index in [2.05, 4.69) is 4.98 Å². The zero-order valence-electron chi connectivity index (χ0n) is 14.1. The molecule has 2 saturated heterocycles. The van der Waals surface area contributed by atoms with E-state index in [0.29, 0.717) is 50.2 Å². The van der Waals surface area contributed by atoms with E-state index in [0.717, 1.165) is 6.42 Å². The van der Waals surface area contributed by atoms with Crippen molar-refractivity contribution in [3.05, 3.63) is 39.3 Å². The third kappa shape index (κ3) is 2.93. The van der Waals surface area contributed by atoms with Crippen LogP contribution >= 0.6 is 11.6 Å². The molecule has 25 heavy (non-hydrogen) atoms. The highest BCUT2D eigenvalue weighted by atomic mass is 35.5. The van der Waals surface area contributed by atoms with Crippen molar-refractivity contribution < 1.29 is 9.53 Å². The molecule has 2 aliphatic rings. The lowest BCUT2D eigenvalue weighted by atomic mass is 9.88. The zero-order valence-corrected chi connectivity index (χ0v) is 14.8. The fourth-order valence-electron chi connectivity index (χ4n) is 3.95. The Morgan fingerprint density at radius 1 is 1.32 bits per heavy atom. The molecule has 2 atom stereocenters. The van der Waals surface area contributed by atoms with Gasteiger partial charge in [0.15, 0.2) is 0 Å². The summed E-state index contributed by atoms with van der Waals surface area (Å²) < 4.78 is 7.45. The minimum absolute atomic E-state index is 0.171. The van der Waals surface area contributed by atoms with Gasteiger partial charge in [0.1, 0.15) is 16.2 Å². The van der Waals surface area contributed by atoms with Crippen molar-refractivity contribution in [2.45, 2.75) is 19.9 Å². The van der Waals surface area contributed by atoms with Crippen molar-refractivity contribution in [1.82, 2.24) is 14.5 Å². The number of nitrogens with zero attached hydrogens (tertiary/aromatic N) is 3. The zero-order chi connectivity index (χ0) is 17.6. The number of carbonyl (C=O) groups excluding carboxylic acids is 1. The number of aryl methyl sites for hydroxylation is 1. The third-order valence-corrected chi connectivity index (χ3v) is 5.29. The Bertz CT molecular complexity index is 883. The Morgan fingerprint density at radius 2 is 2.04 bits per heavy atom. The molecule has 2 fully saturated rings. The fourth-order valence-corrected chi connectivity index (χ4v) is 4.10. The largest absolute Gasteiger partial charge is 0.381 e. The molecule has 1 amide bonds. The molecule has 2 aliphatic heterocycles. The Kier molecular flexibility index (Phi) is 4.25. The van der Waals surface area contributed by atoms with Crippen LogP contribution in [0, 0.1) is 11.8 Å². The number of rotatable bonds is 2. The van der Waals surface area contributed by atoms with E-state index >= 15 is 0 Å². The lowest BCUT2D eigenvalue weighted by Crippen LogP contribution is -2.49. The summed E-state index contributed by atoms with van der Waals surface area (Å²) in [6.07, 6.45) is 2.75. The second-order valence-electron chi connectivity index (χ2n) is 6.87. The lowest BCUT2D eigenvalue weighted by Gasteiger charge is -2.41. The molecule has 6 nitrogen and oxygen atoms in total. The number of fused-ring (bicyclic) bond motifs is 3. The molecule has 0 radical (unpaired) electrons. The number of carbonyl (C=O) groups is 1. The van der Waals surface area contributed by atoms with Crippen LogP contribution in [0.25, 0.3) is 11.0 Å². The van der Waals surface area contributed by atoms with Gasteiger partial charge in [-0.2, -0.15) is 0 Å². The first-order valence-corrected chi connectivity index (χ1v) is 9.01. The molecule has 7 heteroatoms. The highest BCUT2D eigenvalue weighted by Gasteiger charge is 2.34. The first-order chi connectivity index (χ1) is 12.1. The van der Waals surface area contributed by atoms with Gasteiger partial charge in [0.2, 0.25) is 5.43 Å². The number of pyridine rings is 2. The average molecular weight is 362 g/mol. The van der Waals surface area contributed by atoms with Gasteiger partial charge in [0.05, 0.1) is 18.7 Å². The number of halogens is 1. The summed E-state index contributed by atoms with van der Waals surface area (Å²) in [6.45, 7) is 5.27. The molecule has 0 aliphatic carbocycles. The predicted octanol–water partition coefficient (Wildman–Crippen LogP) is 2.18. The van der Waals surface area contributed by atoms with Gasteiger partial charge in [-0.15, -0.1) is 0 Å². The molecule has 132 valence electrons. The molecular formula is C18H20ClN3O3. The quantitative estimate of drug-likeness (QED) is 0.769. The minimum Gasteiger partial charge on any atom is -0.381 e. The molecule has 0 N–H and O–H groups in total. The van der Waals surface area contributed by atoms with Crippen LogP contribution in [0.2, 0.25) is 5.15 Å². The first kappa shape index (κ1) is 16.5. The van der Waals surface area contributed by atoms with E-state index in [1.807, 2.05) is 11.5 Å². The monoisotopic (exact) mass is 361 g/mol. The van der Waals surface area contributed by atoms with Crippen LogP contribution in [-0.4, -0.2) is 46.7 Å². The predicted molar refractivity (Wildman–Crippen MR) is 95.0 cm³/mol. The standard InChI is InChI=1S/C18H20ClN3O3/c1-2-21-8-13(17(23)16-14(21)3-4-15(19)20-16)18(24)22-6-11-5-12(7-22)10-25-9-11/h3-4,8,11-12H,2,5-7,9-10H2,1H3. The van der Waals surface area contributed by atoms with Gasteiger partial charge in [0.25, 0.3) is 5.91 Å². The normalized spacial score (nSPS) is 23.0. The van der Waals surface area contributed by atoms with Crippen LogP contribution in [0.15, 0.2) is 23.1 Å². The number of amides is 1. The number of likely N-dealkylation sites (tertiary alicyclic amines) is 1. The van der Waals surface area contributed by atoms with Crippen molar-refractivity contribution in [2.24, 2.45) is 11.8 Å². The van der Waals surface area contributed by atoms with Crippen molar-refractivity contribution in [3.63, 3.8) is 0 Å². The maximum absolute atomic E-state index is 13.1. The van der Waals surface area contributed by atoms with Crippen LogP contribution in [-0.2, 0) is 11.3 Å². The summed E-state index contributed by atoms with van der Waals surface area (Å²) in [7, 11) is 0. The summed E-state index contributed by atoms with van der Waals surface area (Å²) in [5.74, 6) is 0.503. The highest BCUT2D eigenvalue weighted by Crippen LogP contribution is 2.27. The second kappa shape index (κ2) is 6.42. The molecule has 0 spiro atoms. The van der Waals surface area contributed by atoms with E-state index in [4.69, 9.17) is 16.3 Å². The Balaban J connectivity index is 1.76. The van der Waals surface area contributed by atoms with Crippen molar-refractivity contribution in [3.8, 4) is 0 Å². The van der Waals surface area contributed by atoms with Crippen LogP contribution in [0.5, 0.6) is 0 Å². The number of piperidine rings is 1.